The molecule has 0 N–H and O–H groups in total. The third kappa shape index (κ3) is 2.32. The standard InChI is InChI=1S/C9H12Cl2N2/c1-4-6-7(10)12-9(5(2)3)13-8(6)11/h5H,4H2,1-3H3. The molecule has 0 saturated carbocycles. The summed E-state index contributed by atoms with van der Waals surface area (Å²) < 4.78 is 0. The number of rotatable bonds is 2. The first-order chi connectivity index (χ1) is 6.06. The number of aromatic nitrogens is 2. The minimum Gasteiger partial charge on any atom is -0.221 e. The van der Waals surface area contributed by atoms with E-state index in [4.69, 9.17) is 23.2 Å². The summed E-state index contributed by atoms with van der Waals surface area (Å²) in [4.78, 5) is 8.35. The molecule has 0 fully saturated rings. The average Bonchev–Trinajstić information content (AvgIpc) is 2.03. The van der Waals surface area contributed by atoms with Crippen molar-refractivity contribution in [3.63, 3.8) is 0 Å². The molecule has 1 rings (SSSR count). The molecule has 0 aromatic carbocycles. The van der Waals surface area contributed by atoms with Gasteiger partial charge in [0.1, 0.15) is 16.1 Å². The van der Waals surface area contributed by atoms with Crippen LogP contribution in [-0.2, 0) is 6.42 Å². The zero-order valence-corrected chi connectivity index (χ0v) is 9.45. The summed E-state index contributed by atoms with van der Waals surface area (Å²) in [7, 11) is 0. The van der Waals surface area contributed by atoms with Gasteiger partial charge in [-0.1, -0.05) is 44.0 Å². The zero-order valence-electron chi connectivity index (χ0n) is 7.93. The fourth-order valence-electron chi connectivity index (χ4n) is 0.996. The van der Waals surface area contributed by atoms with E-state index in [0.29, 0.717) is 16.1 Å². The quantitative estimate of drug-likeness (QED) is 0.711. The van der Waals surface area contributed by atoms with Crippen molar-refractivity contribution in [2.24, 2.45) is 0 Å². The van der Waals surface area contributed by atoms with E-state index in [1.54, 1.807) is 0 Å². The minimum atomic E-state index is 0.251. The number of nitrogens with zero attached hydrogens (tertiary/aromatic N) is 2. The molecule has 0 aliphatic heterocycles. The van der Waals surface area contributed by atoms with Gasteiger partial charge in [-0.05, 0) is 6.42 Å². The van der Waals surface area contributed by atoms with Gasteiger partial charge in [-0.25, -0.2) is 9.97 Å². The Morgan fingerprint density at radius 1 is 1.15 bits per heavy atom. The fraction of sp³-hybridized carbons (Fsp3) is 0.556. The second-order valence-corrected chi connectivity index (χ2v) is 3.87. The lowest BCUT2D eigenvalue weighted by Gasteiger charge is -2.07. The molecule has 1 aromatic heterocycles. The van der Waals surface area contributed by atoms with Crippen LogP contribution in [0.5, 0.6) is 0 Å². The first kappa shape index (κ1) is 10.7. The van der Waals surface area contributed by atoms with Gasteiger partial charge in [0.05, 0.1) is 0 Å². The van der Waals surface area contributed by atoms with Crippen LogP contribution in [0.3, 0.4) is 0 Å². The van der Waals surface area contributed by atoms with Gasteiger partial charge >= 0.3 is 0 Å². The molecule has 0 amide bonds. The third-order valence-electron chi connectivity index (χ3n) is 1.79. The second kappa shape index (κ2) is 4.25. The number of halogens is 2. The molecule has 0 spiro atoms. The summed E-state index contributed by atoms with van der Waals surface area (Å²) in [6.07, 6.45) is 0.760. The van der Waals surface area contributed by atoms with Crippen LogP contribution in [0, 0.1) is 0 Å². The largest absolute Gasteiger partial charge is 0.221 e. The van der Waals surface area contributed by atoms with Crippen LogP contribution < -0.4 is 0 Å². The van der Waals surface area contributed by atoms with E-state index in [9.17, 15) is 0 Å². The third-order valence-corrected chi connectivity index (χ3v) is 2.42. The van der Waals surface area contributed by atoms with Gasteiger partial charge in [0.25, 0.3) is 0 Å². The first-order valence-corrected chi connectivity index (χ1v) is 5.03. The first-order valence-electron chi connectivity index (χ1n) is 4.28. The molecule has 2 nitrogen and oxygen atoms in total. The lowest BCUT2D eigenvalue weighted by molar-refractivity contribution is 0.768. The van der Waals surface area contributed by atoms with Crippen LogP contribution in [0.25, 0.3) is 0 Å². The summed E-state index contributed by atoms with van der Waals surface area (Å²) in [5.74, 6) is 0.952. The van der Waals surface area contributed by atoms with Crippen molar-refractivity contribution in [2.45, 2.75) is 33.1 Å². The fourth-order valence-corrected chi connectivity index (χ4v) is 1.66. The Balaban J connectivity index is 3.20. The number of hydrogen-bond donors (Lipinski definition) is 0. The Bertz CT molecular complexity index is 287. The Hall–Kier alpha value is -0.340. The molecule has 72 valence electrons. The van der Waals surface area contributed by atoms with Gasteiger partial charge in [0, 0.05) is 11.5 Å². The predicted molar refractivity (Wildman–Crippen MR) is 55.5 cm³/mol. The van der Waals surface area contributed by atoms with E-state index >= 15 is 0 Å². The molecule has 0 bridgehead atoms. The Kier molecular flexibility index (Phi) is 3.51. The van der Waals surface area contributed by atoms with E-state index < -0.39 is 0 Å². The van der Waals surface area contributed by atoms with Gasteiger partial charge in [-0.15, -0.1) is 0 Å². The topological polar surface area (TPSA) is 25.8 Å². The van der Waals surface area contributed by atoms with Crippen LogP contribution in [0.1, 0.15) is 38.1 Å². The molecular formula is C9H12Cl2N2. The van der Waals surface area contributed by atoms with Gasteiger partial charge in [-0.3, -0.25) is 0 Å². The summed E-state index contributed by atoms with van der Waals surface area (Å²) in [5.41, 5.74) is 0.827. The monoisotopic (exact) mass is 218 g/mol. The second-order valence-electron chi connectivity index (χ2n) is 3.15. The van der Waals surface area contributed by atoms with E-state index in [1.807, 2.05) is 20.8 Å². The molecule has 1 aromatic rings. The zero-order chi connectivity index (χ0) is 10.0. The van der Waals surface area contributed by atoms with Crippen molar-refractivity contribution in [1.82, 2.24) is 9.97 Å². The molecule has 0 radical (unpaired) electrons. The van der Waals surface area contributed by atoms with Crippen molar-refractivity contribution in [3.05, 3.63) is 21.7 Å². The summed E-state index contributed by atoms with van der Waals surface area (Å²) in [6, 6.07) is 0. The normalized spacial score (nSPS) is 10.9. The molecule has 0 aliphatic rings. The van der Waals surface area contributed by atoms with Crippen LogP contribution in [0.15, 0.2) is 0 Å². The molecule has 0 atom stereocenters. The average molecular weight is 219 g/mol. The predicted octanol–water partition coefficient (Wildman–Crippen LogP) is 3.47. The maximum atomic E-state index is 5.94. The van der Waals surface area contributed by atoms with Crippen LogP contribution in [0.4, 0.5) is 0 Å². The Labute approximate surface area is 88.3 Å². The van der Waals surface area contributed by atoms with Gasteiger partial charge in [0.2, 0.25) is 0 Å². The molecule has 0 aliphatic carbocycles. The van der Waals surface area contributed by atoms with Crippen LogP contribution in [0.2, 0.25) is 10.3 Å². The van der Waals surface area contributed by atoms with Crippen molar-refractivity contribution in [2.75, 3.05) is 0 Å². The molecule has 1 heterocycles. The van der Waals surface area contributed by atoms with E-state index in [1.165, 1.54) is 0 Å². The highest BCUT2D eigenvalue weighted by molar-refractivity contribution is 6.34. The van der Waals surface area contributed by atoms with E-state index in [2.05, 4.69) is 9.97 Å². The lowest BCUT2D eigenvalue weighted by atomic mass is 10.2. The Morgan fingerprint density at radius 2 is 1.62 bits per heavy atom. The van der Waals surface area contributed by atoms with Crippen molar-refractivity contribution < 1.29 is 0 Å². The summed E-state index contributed by atoms with van der Waals surface area (Å²) >= 11 is 11.9. The van der Waals surface area contributed by atoms with Crippen LogP contribution in [-0.4, -0.2) is 9.97 Å². The summed E-state index contributed by atoms with van der Waals surface area (Å²) in [6.45, 7) is 5.99. The van der Waals surface area contributed by atoms with Crippen molar-refractivity contribution >= 4 is 23.2 Å². The van der Waals surface area contributed by atoms with Gasteiger partial charge in [-0.2, -0.15) is 0 Å². The highest BCUT2D eigenvalue weighted by Gasteiger charge is 2.11. The van der Waals surface area contributed by atoms with Crippen molar-refractivity contribution in [1.29, 1.82) is 0 Å². The SMILES string of the molecule is CCc1c(Cl)nc(C(C)C)nc1Cl. The molecule has 0 unspecified atom stereocenters. The molecule has 4 heteroatoms. The maximum Gasteiger partial charge on any atom is 0.137 e. The molecule has 13 heavy (non-hydrogen) atoms. The van der Waals surface area contributed by atoms with E-state index in [-0.39, 0.29) is 5.92 Å². The lowest BCUT2D eigenvalue weighted by Crippen LogP contribution is -2.01. The van der Waals surface area contributed by atoms with Gasteiger partial charge < -0.3 is 0 Å². The maximum absolute atomic E-state index is 5.94. The smallest absolute Gasteiger partial charge is 0.137 e. The summed E-state index contributed by atoms with van der Waals surface area (Å²) in [5, 5.41) is 0.956. The Morgan fingerprint density at radius 3 is 1.92 bits per heavy atom. The van der Waals surface area contributed by atoms with Gasteiger partial charge in [0.15, 0.2) is 0 Å². The highest BCUT2D eigenvalue weighted by Crippen LogP contribution is 2.23. The molecule has 0 saturated heterocycles. The molecular weight excluding hydrogens is 207 g/mol. The highest BCUT2D eigenvalue weighted by atomic mass is 35.5. The minimum absolute atomic E-state index is 0.251. The van der Waals surface area contributed by atoms with Crippen molar-refractivity contribution in [3.8, 4) is 0 Å². The number of hydrogen-bond acceptors (Lipinski definition) is 2. The van der Waals surface area contributed by atoms with Crippen LogP contribution >= 0.6 is 23.2 Å². The van der Waals surface area contributed by atoms with E-state index in [0.717, 1.165) is 12.0 Å².